The van der Waals surface area contributed by atoms with Crippen LogP contribution in [0.4, 0.5) is 5.13 Å². The zero-order valence-corrected chi connectivity index (χ0v) is 19.2. The van der Waals surface area contributed by atoms with Crippen LogP contribution in [0, 0.1) is 0 Å². The summed E-state index contributed by atoms with van der Waals surface area (Å²) >= 11 is 3.19. The van der Waals surface area contributed by atoms with Gasteiger partial charge in [-0.2, -0.15) is 0 Å². The number of hydrogen-bond donors (Lipinski definition) is 1. The van der Waals surface area contributed by atoms with E-state index in [-0.39, 0.29) is 5.91 Å². The largest absolute Gasteiger partial charge is 0.497 e. The lowest BCUT2D eigenvalue weighted by Crippen LogP contribution is -2.07. The van der Waals surface area contributed by atoms with Crippen LogP contribution in [0.3, 0.4) is 0 Å². The van der Waals surface area contributed by atoms with Crippen molar-refractivity contribution in [2.24, 2.45) is 0 Å². The second-order valence-corrected chi connectivity index (χ2v) is 8.84. The fourth-order valence-corrected chi connectivity index (χ4v) is 4.54. The molecule has 6 heteroatoms. The average Bonchev–Trinajstić information content (AvgIpc) is 3.31. The fraction of sp³-hybridized carbons (Fsp3) is 0.0769. The van der Waals surface area contributed by atoms with Gasteiger partial charge in [0.1, 0.15) is 5.75 Å². The van der Waals surface area contributed by atoms with Crippen LogP contribution in [0.1, 0.15) is 11.1 Å². The van der Waals surface area contributed by atoms with Gasteiger partial charge in [-0.15, -0.1) is 23.1 Å². The predicted molar refractivity (Wildman–Crippen MR) is 134 cm³/mol. The summed E-state index contributed by atoms with van der Waals surface area (Å²) in [5, 5.41) is 5.32. The maximum atomic E-state index is 12.3. The number of ether oxygens (including phenoxy) is 1. The van der Waals surface area contributed by atoms with Crippen molar-refractivity contribution in [3.8, 4) is 17.0 Å². The molecule has 1 aromatic heterocycles. The number of anilines is 1. The Labute approximate surface area is 196 Å². The highest BCUT2D eigenvalue weighted by Crippen LogP contribution is 2.27. The van der Waals surface area contributed by atoms with Crippen LogP contribution in [0.15, 0.2) is 95.2 Å². The van der Waals surface area contributed by atoms with Gasteiger partial charge in [0.15, 0.2) is 5.13 Å². The Kier molecular flexibility index (Phi) is 7.38. The summed E-state index contributed by atoms with van der Waals surface area (Å²) in [6.07, 6.45) is 3.33. The van der Waals surface area contributed by atoms with E-state index in [4.69, 9.17) is 4.74 Å². The van der Waals surface area contributed by atoms with E-state index in [1.165, 1.54) is 27.9 Å². The highest BCUT2D eigenvalue weighted by molar-refractivity contribution is 7.98. The third-order valence-electron chi connectivity index (χ3n) is 4.68. The number of aromatic nitrogens is 1. The molecule has 0 radical (unpaired) electrons. The number of carbonyl (C=O) groups excluding carboxylic acids is 1. The fourth-order valence-electron chi connectivity index (χ4n) is 2.96. The molecule has 0 spiro atoms. The zero-order chi connectivity index (χ0) is 22.2. The normalized spacial score (nSPS) is 10.9. The lowest BCUT2D eigenvalue weighted by molar-refractivity contribution is -0.111. The van der Waals surface area contributed by atoms with Crippen molar-refractivity contribution in [1.29, 1.82) is 0 Å². The zero-order valence-electron chi connectivity index (χ0n) is 17.5. The summed E-state index contributed by atoms with van der Waals surface area (Å²) in [5.74, 6) is 1.53. The molecule has 3 aromatic carbocycles. The molecule has 0 aliphatic carbocycles. The molecule has 0 aliphatic rings. The van der Waals surface area contributed by atoms with Gasteiger partial charge in [0, 0.05) is 27.7 Å². The van der Waals surface area contributed by atoms with Gasteiger partial charge >= 0.3 is 0 Å². The van der Waals surface area contributed by atoms with Crippen LogP contribution in [-0.2, 0) is 10.5 Å². The molecule has 1 heterocycles. The molecule has 0 bridgehead atoms. The molecule has 4 rings (SSSR count). The maximum absolute atomic E-state index is 12.3. The molecule has 0 saturated heterocycles. The first-order valence-electron chi connectivity index (χ1n) is 10.1. The van der Waals surface area contributed by atoms with Gasteiger partial charge in [-0.1, -0.05) is 42.5 Å². The summed E-state index contributed by atoms with van der Waals surface area (Å²) in [5.41, 5.74) is 4.07. The minimum atomic E-state index is -0.205. The first-order chi connectivity index (χ1) is 15.7. The number of thiazole rings is 1. The minimum Gasteiger partial charge on any atom is -0.497 e. The Morgan fingerprint density at radius 2 is 1.78 bits per heavy atom. The van der Waals surface area contributed by atoms with Crippen molar-refractivity contribution in [3.63, 3.8) is 0 Å². The summed E-state index contributed by atoms with van der Waals surface area (Å²) in [4.78, 5) is 18.0. The lowest BCUT2D eigenvalue weighted by Gasteiger charge is -2.02. The SMILES string of the molecule is COc1ccc(-c2csc(NC(=O)/C=C\c3ccc(SCc4ccccc4)cc3)n2)cc1. The molecule has 0 aliphatic heterocycles. The van der Waals surface area contributed by atoms with E-state index in [9.17, 15) is 4.79 Å². The standard InChI is InChI=1S/C26H22N2O2S2/c1-30-22-12-10-21(11-13-22)24-18-32-26(27-24)28-25(29)16-9-19-7-14-23(15-8-19)31-17-20-5-3-2-4-6-20/h2-16,18H,17H2,1H3,(H,27,28,29)/b16-9-. The Bertz CT molecular complexity index is 1180. The molecule has 0 atom stereocenters. The number of amides is 1. The average molecular weight is 459 g/mol. The van der Waals surface area contributed by atoms with Crippen molar-refractivity contribution in [2.45, 2.75) is 10.6 Å². The van der Waals surface area contributed by atoms with Gasteiger partial charge in [0.2, 0.25) is 5.91 Å². The quantitative estimate of drug-likeness (QED) is 0.234. The Balaban J connectivity index is 1.30. The smallest absolute Gasteiger partial charge is 0.250 e. The monoisotopic (exact) mass is 458 g/mol. The maximum Gasteiger partial charge on any atom is 0.250 e. The van der Waals surface area contributed by atoms with Crippen LogP contribution in [0.2, 0.25) is 0 Å². The van der Waals surface area contributed by atoms with E-state index in [1.807, 2.05) is 47.8 Å². The van der Waals surface area contributed by atoms with E-state index < -0.39 is 0 Å². The van der Waals surface area contributed by atoms with Crippen LogP contribution in [0.25, 0.3) is 17.3 Å². The summed E-state index contributed by atoms with van der Waals surface area (Å²) in [6, 6.07) is 26.3. The molecule has 4 aromatic rings. The predicted octanol–water partition coefficient (Wildman–Crippen LogP) is 6.76. The molecule has 0 saturated carbocycles. The van der Waals surface area contributed by atoms with E-state index in [0.29, 0.717) is 5.13 Å². The van der Waals surface area contributed by atoms with Gasteiger partial charge in [-0.05, 0) is 53.6 Å². The van der Waals surface area contributed by atoms with Gasteiger partial charge in [-0.25, -0.2) is 4.98 Å². The molecule has 32 heavy (non-hydrogen) atoms. The number of thioether (sulfide) groups is 1. The molecular formula is C26H22N2O2S2. The highest BCUT2D eigenvalue weighted by Gasteiger charge is 2.07. The molecule has 0 fully saturated rings. The number of nitrogens with one attached hydrogen (secondary N) is 1. The van der Waals surface area contributed by atoms with Gasteiger partial charge in [0.05, 0.1) is 12.8 Å². The van der Waals surface area contributed by atoms with Gasteiger partial charge in [-0.3, -0.25) is 10.1 Å². The first kappa shape index (κ1) is 21.9. The second-order valence-electron chi connectivity index (χ2n) is 6.93. The molecule has 4 nitrogen and oxygen atoms in total. The number of carbonyl (C=O) groups is 1. The molecule has 0 unspecified atom stereocenters. The van der Waals surface area contributed by atoms with Gasteiger partial charge in [0.25, 0.3) is 0 Å². The summed E-state index contributed by atoms with van der Waals surface area (Å²) in [7, 11) is 1.64. The first-order valence-corrected chi connectivity index (χ1v) is 11.9. The van der Waals surface area contributed by atoms with E-state index in [2.05, 4.69) is 46.7 Å². The van der Waals surface area contributed by atoms with Crippen molar-refractivity contribution >= 4 is 40.2 Å². The Morgan fingerprint density at radius 1 is 1.03 bits per heavy atom. The number of hydrogen-bond acceptors (Lipinski definition) is 5. The summed E-state index contributed by atoms with van der Waals surface area (Å²) in [6.45, 7) is 0. The topological polar surface area (TPSA) is 51.2 Å². The van der Waals surface area contributed by atoms with Crippen LogP contribution < -0.4 is 10.1 Å². The molecule has 1 amide bonds. The highest BCUT2D eigenvalue weighted by atomic mass is 32.2. The Morgan fingerprint density at radius 3 is 2.50 bits per heavy atom. The minimum absolute atomic E-state index is 0.205. The number of methoxy groups -OCH3 is 1. The number of benzene rings is 3. The molecule has 1 N–H and O–H groups in total. The second kappa shape index (κ2) is 10.8. The number of rotatable bonds is 8. The molecule has 160 valence electrons. The number of nitrogens with zero attached hydrogens (tertiary/aromatic N) is 1. The van der Waals surface area contributed by atoms with Crippen molar-refractivity contribution in [1.82, 2.24) is 4.98 Å². The Hall–Kier alpha value is -3.35. The van der Waals surface area contributed by atoms with Gasteiger partial charge < -0.3 is 4.74 Å². The van der Waals surface area contributed by atoms with Crippen LogP contribution in [0.5, 0.6) is 5.75 Å². The van der Waals surface area contributed by atoms with Crippen LogP contribution in [-0.4, -0.2) is 18.0 Å². The summed E-state index contributed by atoms with van der Waals surface area (Å²) < 4.78 is 5.18. The lowest BCUT2D eigenvalue weighted by atomic mass is 10.2. The van der Waals surface area contributed by atoms with Crippen LogP contribution >= 0.6 is 23.1 Å². The van der Waals surface area contributed by atoms with E-state index in [1.54, 1.807) is 24.9 Å². The van der Waals surface area contributed by atoms with E-state index in [0.717, 1.165) is 28.3 Å². The third-order valence-corrected chi connectivity index (χ3v) is 6.52. The third kappa shape index (κ3) is 6.09. The molecular weight excluding hydrogens is 436 g/mol. The van der Waals surface area contributed by atoms with Crippen molar-refractivity contribution in [2.75, 3.05) is 12.4 Å². The van der Waals surface area contributed by atoms with Crippen molar-refractivity contribution in [3.05, 3.63) is 101 Å². The van der Waals surface area contributed by atoms with Crippen molar-refractivity contribution < 1.29 is 9.53 Å². The van der Waals surface area contributed by atoms with E-state index >= 15 is 0 Å².